The Labute approximate surface area is 343 Å². The number of likely N-dealkylation sites (N-methyl/N-ethyl adjacent to an activating group) is 1. The van der Waals surface area contributed by atoms with Gasteiger partial charge in [0.25, 0.3) is 0 Å². The van der Waals surface area contributed by atoms with Gasteiger partial charge in [-0.05, 0) is 139 Å². The molecule has 2 unspecified atom stereocenters. The summed E-state index contributed by atoms with van der Waals surface area (Å²) in [5, 5.41) is 5.00. The first-order valence-electron chi connectivity index (χ1n) is 20.8. The Kier molecular flexibility index (Phi) is 10.6. The second-order valence-corrected chi connectivity index (χ2v) is 20.6. The number of aromatic nitrogens is 3. The Balaban J connectivity index is 1.15. The fraction of sp³-hybridized carbons (Fsp3) is 0.630. The molecule has 314 valence electrons. The molecule has 5 aliphatic rings. The van der Waals surface area contributed by atoms with Gasteiger partial charge >= 0.3 is 18.0 Å². The van der Waals surface area contributed by atoms with Crippen molar-refractivity contribution < 1.29 is 33.3 Å². The molecular weight excluding hydrogens is 735 g/mol. The molecule has 0 radical (unpaired) electrons. The van der Waals surface area contributed by atoms with E-state index in [1.807, 2.05) is 72.0 Å². The minimum absolute atomic E-state index is 0.0208. The van der Waals surface area contributed by atoms with Crippen molar-refractivity contribution in [2.24, 2.45) is 16.2 Å². The van der Waals surface area contributed by atoms with Gasteiger partial charge in [-0.25, -0.2) is 19.4 Å². The summed E-state index contributed by atoms with van der Waals surface area (Å²) in [6, 6.07) is 9.65. The average molecular weight is 798 g/mol. The Morgan fingerprint density at radius 1 is 0.862 bits per heavy atom. The molecule has 4 bridgehead atoms. The maximum Gasteiger partial charge on any atom is 0.410 e. The van der Waals surface area contributed by atoms with Crippen LogP contribution in [0.5, 0.6) is 0 Å². The van der Waals surface area contributed by atoms with Gasteiger partial charge in [0, 0.05) is 50.0 Å². The number of carbonyl (C=O) groups excluding carboxylic acids is 3. The largest absolute Gasteiger partial charge is 0.465 e. The van der Waals surface area contributed by atoms with Gasteiger partial charge in [-0.15, -0.1) is 0 Å². The van der Waals surface area contributed by atoms with Crippen LogP contribution in [0.25, 0.3) is 11.1 Å². The van der Waals surface area contributed by atoms with Crippen LogP contribution in [0.1, 0.15) is 132 Å². The van der Waals surface area contributed by atoms with E-state index < -0.39 is 17.2 Å². The van der Waals surface area contributed by atoms with Crippen LogP contribution in [-0.2, 0) is 38.5 Å². The molecule has 1 amide bonds. The molecule has 4 fully saturated rings. The normalized spacial score (nSPS) is 26.3. The fourth-order valence-electron chi connectivity index (χ4n) is 11.6. The zero-order valence-corrected chi connectivity index (χ0v) is 36.5. The molecule has 12 heteroatoms. The minimum atomic E-state index is -0.724. The summed E-state index contributed by atoms with van der Waals surface area (Å²) in [6.45, 7) is 21.0. The molecule has 2 atom stereocenters. The molecule has 12 nitrogen and oxygen atoms in total. The molecule has 8 rings (SSSR count). The van der Waals surface area contributed by atoms with E-state index in [2.05, 4.69) is 30.4 Å². The van der Waals surface area contributed by atoms with Gasteiger partial charge in [0.05, 0.1) is 31.1 Å². The molecule has 1 aliphatic heterocycles. The smallest absolute Gasteiger partial charge is 0.410 e. The number of anilines is 1. The predicted octanol–water partition coefficient (Wildman–Crippen LogP) is 8.56. The summed E-state index contributed by atoms with van der Waals surface area (Å²) >= 11 is 0. The first kappa shape index (κ1) is 41.7. The van der Waals surface area contributed by atoms with Crippen molar-refractivity contribution in [1.29, 1.82) is 0 Å². The van der Waals surface area contributed by atoms with Crippen LogP contribution in [0.2, 0.25) is 0 Å². The third-order valence-corrected chi connectivity index (χ3v) is 12.5. The number of esters is 2. The lowest BCUT2D eigenvalue weighted by Crippen LogP contribution is -2.64. The van der Waals surface area contributed by atoms with E-state index in [0.29, 0.717) is 43.2 Å². The lowest BCUT2D eigenvalue weighted by molar-refractivity contribution is -0.248. The van der Waals surface area contributed by atoms with Crippen LogP contribution in [-0.4, -0.2) is 88.4 Å². The van der Waals surface area contributed by atoms with Gasteiger partial charge in [-0.2, -0.15) is 5.10 Å². The number of nitrogens with zero attached hydrogens (tertiary/aromatic N) is 5. The van der Waals surface area contributed by atoms with Crippen molar-refractivity contribution in [2.45, 2.75) is 137 Å². The number of carbonyl (C=O) groups is 3. The first-order chi connectivity index (χ1) is 27.0. The Morgan fingerprint density at radius 2 is 1.55 bits per heavy atom. The van der Waals surface area contributed by atoms with E-state index in [9.17, 15) is 14.4 Å². The highest BCUT2D eigenvalue weighted by molar-refractivity contribution is 5.96. The fourth-order valence-corrected chi connectivity index (χ4v) is 11.6. The monoisotopic (exact) mass is 797 g/mol. The van der Waals surface area contributed by atoms with Crippen molar-refractivity contribution in [3.8, 4) is 11.1 Å². The van der Waals surface area contributed by atoms with E-state index in [-0.39, 0.29) is 39.6 Å². The van der Waals surface area contributed by atoms with Crippen molar-refractivity contribution in [3.63, 3.8) is 0 Å². The number of pyridine rings is 1. The molecule has 0 spiro atoms. The SMILES string of the molecule is COC(=O)c1cccc2c1CN(c1ccc(-c3cnn(CC45CC6(C)CC(C)(C4)CC(OCCN(C)C(=O)OC(C)(C)C)(C6)C5)c3C)c(C(=O)OC(C)(C)C)n1)CC2. The zero-order chi connectivity index (χ0) is 42.1. The van der Waals surface area contributed by atoms with E-state index >= 15 is 0 Å². The van der Waals surface area contributed by atoms with Gasteiger partial charge in [-0.3, -0.25) is 4.68 Å². The van der Waals surface area contributed by atoms with Crippen molar-refractivity contribution >= 4 is 23.8 Å². The summed E-state index contributed by atoms with van der Waals surface area (Å²) in [5.41, 5.74) is 3.99. The number of hydrogen-bond donors (Lipinski definition) is 0. The van der Waals surface area contributed by atoms with E-state index in [0.717, 1.165) is 67.5 Å². The lowest BCUT2D eigenvalue weighted by atomic mass is 9.39. The van der Waals surface area contributed by atoms with E-state index in [1.165, 1.54) is 13.5 Å². The van der Waals surface area contributed by atoms with Crippen LogP contribution in [0.4, 0.5) is 10.6 Å². The second-order valence-electron chi connectivity index (χ2n) is 20.6. The van der Waals surface area contributed by atoms with Crippen molar-refractivity contribution in [2.75, 3.05) is 38.8 Å². The number of benzene rings is 1. The second kappa shape index (κ2) is 14.7. The maximum absolute atomic E-state index is 14.0. The van der Waals surface area contributed by atoms with Crippen LogP contribution in [0.3, 0.4) is 0 Å². The van der Waals surface area contributed by atoms with Crippen LogP contribution >= 0.6 is 0 Å². The Bertz CT molecular complexity index is 2080. The van der Waals surface area contributed by atoms with Gasteiger partial charge < -0.3 is 28.7 Å². The van der Waals surface area contributed by atoms with Gasteiger partial charge in [-0.1, -0.05) is 26.0 Å². The third-order valence-electron chi connectivity index (χ3n) is 12.5. The molecule has 0 N–H and O–H groups in total. The van der Waals surface area contributed by atoms with Crippen molar-refractivity contribution in [1.82, 2.24) is 19.7 Å². The molecule has 0 saturated heterocycles. The van der Waals surface area contributed by atoms with Crippen LogP contribution in [0.15, 0.2) is 36.5 Å². The molecule has 3 aromatic rings. The molecule has 4 aliphatic carbocycles. The number of fused-ring (bicyclic) bond motifs is 1. The van der Waals surface area contributed by atoms with E-state index in [4.69, 9.17) is 29.0 Å². The highest BCUT2D eigenvalue weighted by Crippen LogP contribution is 2.72. The van der Waals surface area contributed by atoms with Gasteiger partial charge in [0.1, 0.15) is 17.0 Å². The van der Waals surface area contributed by atoms with Gasteiger partial charge in [0.2, 0.25) is 0 Å². The summed E-state index contributed by atoms with van der Waals surface area (Å²) in [4.78, 5) is 48.0. The summed E-state index contributed by atoms with van der Waals surface area (Å²) < 4.78 is 25.7. The molecule has 4 saturated carbocycles. The molecule has 3 heterocycles. The molecule has 58 heavy (non-hydrogen) atoms. The zero-order valence-electron chi connectivity index (χ0n) is 36.5. The summed E-state index contributed by atoms with van der Waals surface area (Å²) in [5.74, 6) is -0.230. The number of hydrogen-bond acceptors (Lipinski definition) is 10. The molecular formula is C46H63N5O7. The minimum Gasteiger partial charge on any atom is -0.465 e. The highest BCUT2D eigenvalue weighted by Gasteiger charge is 2.66. The first-order valence-corrected chi connectivity index (χ1v) is 20.8. The standard InChI is InChI=1S/C46H63N5O7/c1-30-34(32-15-16-36(48-37(32)39(53)57-41(2,3)4)50-18-17-31-13-12-14-33(35(31)22-50)38(52)55-11)21-47-51(30)29-45-24-43(8)23-44(9,25-45)27-46(26-43,28-45)56-20-19-49(10)40(54)58-42(5,6)7/h12-16,21H,17-20,22-29H2,1-11H3. The quantitative estimate of drug-likeness (QED) is 0.146. The Hall–Kier alpha value is -4.45. The maximum atomic E-state index is 14.0. The predicted molar refractivity (Wildman–Crippen MR) is 222 cm³/mol. The Morgan fingerprint density at radius 3 is 2.21 bits per heavy atom. The molecule has 1 aromatic carbocycles. The molecule has 2 aromatic heterocycles. The topological polar surface area (TPSA) is 125 Å². The third kappa shape index (κ3) is 8.49. The number of amides is 1. The number of rotatable bonds is 10. The van der Waals surface area contributed by atoms with Crippen LogP contribution < -0.4 is 4.90 Å². The van der Waals surface area contributed by atoms with Crippen molar-refractivity contribution in [3.05, 3.63) is 64.6 Å². The van der Waals surface area contributed by atoms with E-state index in [1.54, 1.807) is 18.0 Å². The number of methoxy groups -OCH3 is 1. The van der Waals surface area contributed by atoms with Crippen LogP contribution in [0, 0.1) is 23.2 Å². The average Bonchev–Trinajstić information content (AvgIpc) is 3.45. The lowest BCUT2D eigenvalue weighted by Gasteiger charge is -2.69. The summed E-state index contributed by atoms with van der Waals surface area (Å²) in [7, 11) is 3.16. The highest BCUT2D eigenvalue weighted by atomic mass is 16.6. The van der Waals surface area contributed by atoms with Gasteiger partial charge in [0.15, 0.2) is 5.69 Å². The summed E-state index contributed by atoms with van der Waals surface area (Å²) in [6.07, 6.45) is 8.60. The number of ether oxygens (including phenoxy) is 4.